The summed E-state index contributed by atoms with van der Waals surface area (Å²) in [5, 5.41) is 2.15. The lowest BCUT2D eigenvalue weighted by Gasteiger charge is -2.25. The van der Waals surface area contributed by atoms with Crippen molar-refractivity contribution in [3.05, 3.63) is 81.2 Å². The van der Waals surface area contributed by atoms with Gasteiger partial charge in [-0.1, -0.05) is 62.5 Å². The SMILES string of the molecule is C=C1C=C(N(CCC)CCCC)C=Cc2c(C#Cc3ccc(C)cc3)csc21. The van der Waals surface area contributed by atoms with Gasteiger partial charge in [-0.2, -0.15) is 0 Å². The number of fused-ring (bicyclic) bond motifs is 1. The highest BCUT2D eigenvalue weighted by atomic mass is 32.1. The van der Waals surface area contributed by atoms with Gasteiger partial charge in [0.1, 0.15) is 0 Å². The molecule has 0 atom stereocenters. The van der Waals surface area contributed by atoms with Crippen molar-refractivity contribution in [1.29, 1.82) is 0 Å². The standard InChI is InChI=1S/C26H29NS/c1-5-7-17-27(16-6-2)24-14-15-25-23(19-28-26(25)21(4)18-24)13-12-22-10-8-20(3)9-11-22/h8-11,14-15,18-19H,4-7,16-17H2,1-3H3. The second kappa shape index (κ2) is 9.62. The van der Waals surface area contributed by atoms with E-state index in [1.165, 1.54) is 34.5 Å². The summed E-state index contributed by atoms with van der Waals surface area (Å²) in [4.78, 5) is 3.71. The third kappa shape index (κ3) is 4.86. The normalized spacial score (nSPS) is 12.7. The molecule has 0 N–H and O–H groups in total. The molecule has 0 radical (unpaired) electrons. The molecule has 0 spiro atoms. The van der Waals surface area contributed by atoms with Crippen LogP contribution < -0.4 is 0 Å². The Morgan fingerprint density at radius 2 is 1.79 bits per heavy atom. The molecule has 1 aliphatic carbocycles. The molecule has 1 heterocycles. The van der Waals surface area contributed by atoms with Crippen molar-refractivity contribution in [3.8, 4) is 11.8 Å². The Balaban J connectivity index is 1.87. The van der Waals surface area contributed by atoms with Crippen LogP contribution in [0.2, 0.25) is 0 Å². The molecule has 0 aliphatic heterocycles. The van der Waals surface area contributed by atoms with Crippen molar-refractivity contribution >= 4 is 23.0 Å². The fourth-order valence-electron chi connectivity index (χ4n) is 3.30. The van der Waals surface area contributed by atoms with Gasteiger partial charge in [-0.15, -0.1) is 11.3 Å². The van der Waals surface area contributed by atoms with Crippen molar-refractivity contribution in [2.75, 3.05) is 13.1 Å². The summed E-state index contributed by atoms with van der Waals surface area (Å²) in [6.45, 7) is 13.1. The minimum Gasteiger partial charge on any atom is -0.372 e. The van der Waals surface area contributed by atoms with Gasteiger partial charge >= 0.3 is 0 Å². The number of hydrogen-bond acceptors (Lipinski definition) is 2. The molecule has 0 saturated carbocycles. The first-order valence-corrected chi connectivity index (χ1v) is 11.0. The molecule has 0 fully saturated rings. The van der Waals surface area contributed by atoms with Crippen LogP contribution in [-0.4, -0.2) is 18.0 Å². The molecule has 144 valence electrons. The third-order valence-electron chi connectivity index (χ3n) is 4.90. The van der Waals surface area contributed by atoms with Crippen molar-refractivity contribution in [1.82, 2.24) is 4.90 Å². The lowest BCUT2D eigenvalue weighted by molar-refractivity contribution is 0.348. The number of aryl methyl sites for hydroxylation is 1. The van der Waals surface area contributed by atoms with E-state index in [9.17, 15) is 0 Å². The van der Waals surface area contributed by atoms with Gasteiger partial charge in [-0.3, -0.25) is 0 Å². The van der Waals surface area contributed by atoms with Crippen LogP contribution in [0.4, 0.5) is 0 Å². The number of thiophene rings is 1. The molecule has 0 unspecified atom stereocenters. The number of allylic oxidation sites excluding steroid dienone is 3. The highest BCUT2D eigenvalue weighted by Gasteiger charge is 2.15. The van der Waals surface area contributed by atoms with Crippen LogP contribution in [0.5, 0.6) is 0 Å². The molecule has 28 heavy (non-hydrogen) atoms. The fraction of sp³-hybridized carbons (Fsp3) is 0.308. The van der Waals surface area contributed by atoms with Crippen LogP contribution >= 0.6 is 11.3 Å². The monoisotopic (exact) mass is 387 g/mol. The minimum absolute atomic E-state index is 1.05. The number of hydrogen-bond donors (Lipinski definition) is 0. The second-order valence-electron chi connectivity index (χ2n) is 7.28. The molecule has 0 bridgehead atoms. The van der Waals surface area contributed by atoms with Gasteiger partial charge < -0.3 is 4.90 Å². The molecule has 2 heteroatoms. The van der Waals surface area contributed by atoms with Gasteiger partial charge in [0.2, 0.25) is 0 Å². The summed E-state index contributed by atoms with van der Waals surface area (Å²) in [6.07, 6.45) is 10.3. The van der Waals surface area contributed by atoms with Crippen LogP contribution in [0.25, 0.3) is 11.6 Å². The molecule has 3 rings (SSSR count). The molecule has 1 aromatic carbocycles. The minimum atomic E-state index is 1.05. The molecule has 1 aromatic heterocycles. The van der Waals surface area contributed by atoms with Gasteiger partial charge in [0, 0.05) is 45.7 Å². The lowest BCUT2D eigenvalue weighted by atomic mass is 10.1. The summed E-state index contributed by atoms with van der Waals surface area (Å²) in [7, 11) is 0. The van der Waals surface area contributed by atoms with E-state index in [1.54, 1.807) is 11.3 Å². The van der Waals surface area contributed by atoms with Gasteiger partial charge in [0.05, 0.1) is 0 Å². The maximum Gasteiger partial charge on any atom is 0.0435 e. The summed E-state index contributed by atoms with van der Waals surface area (Å²) in [5.74, 6) is 6.68. The van der Waals surface area contributed by atoms with Crippen molar-refractivity contribution in [2.45, 2.75) is 40.0 Å². The molecular formula is C26H29NS. The lowest BCUT2D eigenvalue weighted by Crippen LogP contribution is -2.24. The number of rotatable bonds is 6. The summed E-state index contributed by atoms with van der Waals surface area (Å²) in [6, 6.07) is 8.37. The summed E-state index contributed by atoms with van der Waals surface area (Å²) in [5.41, 5.74) is 6.94. The van der Waals surface area contributed by atoms with Crippen molar-refractivity contribution < 1.29 is 0 Å². The largest absolute Gasteiger partial charge is 0.372 e. The maximum atomic E-state index is 4.35. The van der Waals surface area contributed by atoms with Crippen LogP contribution in [0.15, 0.2) is 54.1 Å². The van der Waals surface area contributed by atoms with Gasteiger partial charge in [-0.05, 0) is 49.6 Å². The second-order valence-corrected chi connectivity index (χ2v) is 8.16. The Morgan fingerprint density at radius 1 is 1.00 bits per heavy atom. The zero-order chi connectivity index (χ0) is 19.9. The molecule has 0 saturated heterocycles. The van der Waals surface area contributed by atoms with E-state index < -0.39 is 0 Å². The van der Waals surface area contributed by atoms with E-state index in [2.05, 4.69) is 92.0 Å². The van der Waals surface area contributed by atoms with Crippen LogP contribution in [0.3, 0.4) is 0 Å². The number of benzene rings is 1. The third-order valence-corrected chi connectivity index (χ3v) is 5.97. The van der Waals surface area contributed by atoms with Crippen molar-refractivity contribution in [3.63, 3.8) is 0 Å². The predicted molar refractivity (Wildman–Crippen MR) is 124 cm³/mol. The Labute approximate surface area is 174 Å². The van der Waals surface area contributed by atoms with Crippen molar-refractivity contribution in [2.24, 2.45) is 0 Å². The van der Waals surface area contributed by atoms with E-state index in [4.69, 9.17) is 0 Å². The first kappa shape index (κ1) is 20.2. The summed E-state index contributed by atoms with van der Waals surface area (Å²) >= 11 is 1.74. The zero-order valence-electron chi connectivity index (χ0n) is 17.2. The Kier molecular flexibility index (Phi) is 6.95. The fourth-order valence-corrected chi connectivity index (χ4v) is 4.24. The first-order valence-electron chi connectivity index (χ1n) is 10.2. The first-order chi connectivity index (χ1) is 13.6. The quantitative estimate of drug-likeness (QED) is 0.488. The van der Waals surface area contributed by atoms with Gasteiger partial charge in [0.25, 0.3) is 0 Å². The van der Waals surface area contributed by atoms with E-state index in [0.717, 1.165) is 36.2 Å². The topological polar surface area (TPSA) is 3.24 Å². The number of unbranched alkanes of at least 4 members (excludes halogenated alkanes) is 1. The highest BCUT2D eigenvalue weighted by Crippen LogP contribution is 2.34. The predicted octanol–water partition coefficient (Wildman–Crippen LogP) is 6.89. The summed E-state index contributed by atoms with van der Waals surface area (Å²) < 4.78 is 0. The number of nitrogens with zero attached hydrogens (tertiary/aromatic N) is 1. The maximum absolute atomic E-state index is 4.35. The van der Waals surface area contributed by atoms with Crippen LogP contribution in [0.1, 0.15) is 60.2 Å². The smallest absolute Gasteiger partial charge is 0.0435 e. The van der Waals surface area contributed by atoms with E-state index in [-0.39, 0.29) is 0 Å². The molecular weight excluding hydrogens is 358 g/mol. The average molecular weight is 388 g/mol. The Hall–Kier alpha value is -2.50. The van der Waals surface area contributed by atoms with E-state index >= 15 is 0 Å². The van der Waals surface area contributed by atoms with Crippen LogP contribution in [-0.2, 0) is 0 Å². The molecule has 1 aliphatic rings. The Morgan fingerprint density at radius 3 is 2.50 bits per heavy atom. The molecule has 1 nitrogen and oxygen atoms in total. The van der Waals surface area contributed by atoms with Gasteiger partial charge in [-0.25, -0.2) is 0 Å². The highest BCUT2D eigenvalue weighted by molar-refractivity contribution is 7.11. The van der Waals surface area contributed by atoms with E-state index in [0.29, 0.717) is 0 Å². The molecule has 0 amide bonds. The van der Waals surface area contributed by atoms with E-state index in [1.807, 2.05) is 0 Å². The van der Waals surface area contributed by atoms with Crippen LogP contribution in [0, 0.1) is 18.8 Å². The Bertz CT molecular complexity index is 945. The average Bonchev–Trinajstić information content (AvgIpc) is 3.03. The zero-order valence-corrected chi connectivity index (χ0v) is 18.0. The molecule has 2 aromatic rings. The van der Waals surface area contributed by atoms with Gasteiger partial charge in [0.15, 0.2) is 0 Å².